The first-order valence-electron chi connectivity index (χ1n) is 10.5. The van der Waals surface area contributed by atoms with Crippen molar-refractivity contribution >= 4 is 11.9 Å². The Morgan fingerprint density at radius 1 is 1.27 bits per heavy atom. The number of likely N-dealkylation sites (N-methyl/N-ethyl adjacent to an activating group) is 1. The van der Waals surface area contributed by atoms with E-state index in [1.54, 1.807) is 0 Å². The fourth-order valence-electron chi connectivity index (χ4n) is 3.96. The minimum Gasteiger partial charge on any atom is -0.355 e. The van der Waals surface area contributed by atoms with Crippen LogP contribution >= 0.6 is 0 Å². The van der Waals surface area contributed by atoms with Crippen LogP contribution in [0.3, 0.4) is 0 Å². The lowest BCUT2D eigenvalue weighted by Gasteiger charge is -2.26. The number of amides is 1. The molecule has 2 rings (SSSR count). The third-order valence-corrected chi connectivity index (χ3v) is 6.12. The molecule has 2 fully saturated rings. The first-order chi connectivity index (χ1) is 12.5. The summed E-state index contributed by atoms with van der Waals surface area (Å²) in [5.41, 5.74) is 0. The van der Waals surface area contributed by atoms with Crippen molar-refractivity contribution in [1.29, 1.82) is 0 Å². The van der Waals surface area contributed by atoms with Crippen LogP contribution in [0, 0.1) is 5.92 Å². The van der Waals surface area contributed by atoms with Crippen molar-refractivity contribution in [2.45, 2.75) is 70.9 Å². The molecule has 26 heavy (non-hydrogen) atoms. The number of carbonyl (C=O) groups is 1. The van der Waals surface area contributed by atoms with Gasteiger partial charge in [0, 0.05) is 51.2 Å². The van der Waals surface area contributed by atoms with Crippen molar-refractivity contribution in [2.24, 2.45) is 10.9 Å². The average Bonchev–Trinajstić information content (AvgIpc) is 3.14. The molecule has 1 aliphatic carbocycles. The number of likely N-dealkylation sites (tertiary alicyclic amines) is 1. The van der Waals surface area contributed by atoms with Crippen LogP contribution in [0.15, 0.2) is 4.99 Å². The van der Waals surface area contributed by atoms with E-state index in [4.69, 9.17) is 0 Å². The van der Waals surface area contributed by atoms with Crippen molar-refractivity contribution < 1.29 is 4.79 Å². The van der Waals surface area contributed by atoms with E-state index in [2.05, 4.69) is 46.3 Å². The summed E-state index contributed by atoms with van der Waals surface area (Å²) in [5.74, 6) is 1.50. The van der Waals surface area contributed by atoms with Crippen LogP contribution in [0.1, 0.15) is 58.8 Å². The largest absolute Gasteiger partial charge is 0.355 e. The van der Waals surface area contributed by atoms with Crippen molar-refractivity contribution in [2.75, 3.05) is 40.3 Å². The monoisotopic (exact) mass is 365 g/mol. The lowest BCUT2D eigenvalue weighted by Crippen LogP contribution is -2.47. The Bertz CT molecular complexity index is 461. The second-order valence-electron chi connectivity index (χ2n) is 7.99. The highest BCUT2D eigenvalue weighted by atomic mass is 16.2. The van der Waals surface area contributed by atoms with E-state index in [-0.39, 0.29) is 5.92 Å². The second-order valence-corrected chi connectivity index (χ2v) is 7.99. The predicted molar refractivity (Wildman–Crippen MR) is 108 cm³/mol. The van der Waals surface area contributed by atoms with Gasteiger partial charge in [-0.1, -0.05) is 26.2 Å². The minimum absolute atomic E-state index is 0.274. The van der Waals surface area contributed by atoms with Crippen LogP contribution in [-0.4, -0.2) is 74.0 Å². The molecule has 0 spiro atoms. The number of hydrogen-bond donors (Lipinski definition) is 2. The third kappa shape index (κ3) is 6.15. The van der Waals surface area contributed by atoms with Crippen LogP contribution in [0.25, 0.3) is 0 Å². The fourth-order valence-corrected chi connectivity index (χ4v) is 3.96. The molecule has 6 heteroatoms. The molecule has 1 aliphatic heterocycles. The molecule has 0 aromatic rings. The van der Waals surface area contributed by atoms with Gasteiger partial charge in [0.15, 0.2) is 5.96 Å². The zero-order valence-corrected chi connectivity index (χ0v) is 17.3. The molecule has 2 N–H and O–H groups in total. The Morgan fingerprint density at radius 2 is 2.00 bits per heavy atom. The number of hydrogen-bond acceptors (Lipinski definition) is 3. The first-order valence-corrected chi connectivity index (χ1v) is 10.5. The SMILES string of the molecule is CCC(C)N(C)CCNC(=NC)NC1CCN(C(=O)C2CCCCC2)C1. The summed E-state index contributed by atoms with van der Waals surface area (Å²) in [7, 11) is 3.98. The van der Waals surface area contributed by atoms with Gasteiger partial charge in [-0.2, -0.15) is 0 Å². The Labute approximate surface area is 159 Å². The van der Waals surface area contributed by atoms with Gasteiger partial charge in [-0.3, -0.25) is 9.79 Å². The van der Waals surface area contributed by atoms with Gasteiger partial charge in [-0.15, -0.1) is 0 Å². The number of guanidine groups is 1. The molecule has 6 nitrogen and oxygen atoms in total. The highest BCUT2D eigenvalue weighted by Gasteiger charge is 2.31. The number of rotatable bonds is 7. The van der Waals surface area contributed by atoms with Gasteiger partial charge >= 0.3 is 0 Å². The number of nitrogens with zero attached hydrogens (tertiary/aromatic N) is 3. The van der Waals surface area contributed by atoms with E-state index in [0.717, 1.165) is 57.8 Å². The van der Waals surface area contributed by atoms with Gasteiger partial charge in [0.1, 0.15) is 0 Å². The van der Waals surface area contributed by atoms with Crippen molar-refractivity contribution in [3.63, 3.8) is 0 Å². The first kappa shape index (κ1) is 21.0. The zero-order valence-electron chi connectivity index (χ0n) is 17.3. The lowest BCUT2D eigenvalue weighted by atomic mass is 9.88. The van der Waals surface area contributed by atoms with Crippen LogP contribution in [-0.2, 0) is 4.79 Å². The van der Waals surface area contributed by atoms with Gasteiger partial charge in [0.2, 0.25) is 5.91 Å². The highest BCUT2D eigenvalue weighted by Crippen LogP contribution is 2.26. The summed E-state index contributed by atoms with van der Waals surface area (Å²) in [5, 5.41) is 6.90. The van der Waals surface area contributed by atoms with Crippen molar-refractivity contribution in [1.82, 2.24) is 20.4 Å². The van der Waals surface area contributed by atoms with E-state index in [1.165, 1.54) is 19.3 Å². The van der Waals surface area contributed by atoms with Gasteiger partial charge in [-0.05, 0) is 39.7 Å². The van der Waals surface area contributed by atoms with E-state index >= 15 is 0 Å². The smallest absolute Gasteiger partial charge is 0.225 e. The van der Waals surface area contributed by atoms with E-state index in [9.17, 15) is 4.79 Å². The Kier molecular flexibility index (Phi) is 8.69. The molecule has 0 radical (unpaired) electrons. The number of aliphatic imine (C=N–C) groups is 1. The molecule has 1 saturated heterocycles. The van der Waals surface area contributed by atoms with Crippen LogP contribution < -0.4 is 10.6 Å². The summed E-state index contributed by atoms with van der Waals surface area (Å²) < 4.78 is 0. The molecular formula is C20H39N5O. The van der Waals surface area contributed by atoms with Gasteiger partial charge in [-0.25, -0.2) is 0 Å². The minimum atomic E-state index is 0.274. The van der Waals surface area contributed by atoms with Gasteiger partial charge < -0.3 is 20.4 Å². The molecule has 2 aliphatic rings. The molecule has 1 heterocycles. The average molecular weight is 366 g/mol. The molecule has 1 amide bonds. The number of carbonyl (C=O) groups excluding carboxylic acids is 1. The normalized spacial score (nSPS) is 23.3. The molecule has 1 saturated carbocycles. The Balaban J connectivity index is 1.71. The maximum Gasteiger partial charge on any atom is 0.225 e. The number of nitrogens with one attached hydrogen (secondary N) is 2. The quantitative estimate of drug-likeness (QED) is 0.536. The van der Waals surface area contributed by atoms with Crippen molar-refractivity contribution in [3.8, 4) is 0 Å². The third-order valence-electron chi connectivity index (χ3n) is 6.12. The fraction of sp³-hybridized carbons (Fsp3) is 0.900. The van der Waals surface area contributed by atoms with E-state index in [0.29, 0.717) is 18.0 Å². The molecule has 0 aromatic heterocycles. The molecule has 0 aromatic carbocycles. The molecule has 2 atom stereocenters. The molecular weight excluding hydrogens is 326 g/mol. The van der Waals surface area contributed by atoms with E-state index in [1.807, 2.05) is 7.05 Å². The second kappa shape index (κ2) is 10.8. The van der Waals surface area contributed by atoms with Crippen LogP contribution in [0.4, 0.5) is 0 Å². The zero-order chi connectivity index (χ0) is 18.9. The Hall–Kier alpha value is -1.30. The maximum absolute atomic E-state index is 12.7. The van der Waals surface area contributed by atoms with Crippen molar-refractivity contribution in [3.05, 3.63) is 0 Å². The molecule has 150 valence electrons. The maximum atomic E-state index is 12.7. The lowest BCUT2D eigenvalue weighted by molar-refractivity contribution is -0.135. The van der Waals surface area contributed by atoms with Crippen LogP contribution in [0.5, 0.6) is 0 Å². The predicted octanol–water partition coefficient (Wildman–Crippen LogP) is 2.06. The summed E-state index contributed by atoms with van der Waals surface area (Å²) in [6.07, 6.45) is 8.06. The topological polar surface area (TPSA) is 60.0 Å². The summed E-state index contributed by atoms with van der Waals surface area (Å²) >= 11 is 0. The van der Waals surface area contributed by atoms with Gasteiger partial charge in [0.05, 0.1) is 0 Å². The molecule has 0 bridgehead atoms. The standard InChI is InChI=1S/C20H39N5O/c1-5-16(2)24(4)14-12-22-20(21-3)23-18-11-13-25(15-18)19(26)17-9-7-6-8-10-17/h16-18H,5-15H2,1-4H3,(H2,21,22,23). The van der Waals surface area contributed by atoms with E-state index < -0.39 is 0 Å². The summed E-state index contributed by atoms with van der Waals surface area (Å²) in [4.78, 5) is 21.5. The summed E-state index contributed by atoms with van der Waals surface area (Å²) in [6, 6.07) is 0.905. The molecule has 2 unspecified atom stereocenters. The van der Waals surface area contributed by atoms with Gasteiger partial charge in [0.25, 0.3) is 0 Å². The Morgan fingerprint density at radius 3 is 2.65 bits per heavy atom. The van der Waals surface area contributed by atoms with Crippen LogP contribution in [0.2, 0.25) is 0 Å². The highest BCUT2D eigenvalue weighted by molar-refractivity contribution is 5.81. The summed E-state index contributed by atoms with van der Waals surface area (Å²) in [6.45, 7) is 8.02.